The van der Waals surface area contributed by atoms with Crippen LogP contribution in [0.15, 0.2) is 0 Å². The Hall–Kier alpha value is -0.410. The lowest BCUT2D eigenvalue weighted by molar-refractivity contribution is -0.120. The standard InChI is InChI=1S/C14H28O3/c1-12(2)14(3,4)8-7-13(16)6-5-10-17-11-9-15/h12,15H,5-11H2,1-4H3. The molecule has 0 fully saturated rings. The molecule has 0 saturated heterocycles. The Balaban J connectivity index is 3.60. The normalized spacial score (nSPS) is 12.1. The van der Waals surface area contributed by atoms with Crippen molar-refractivity contribution in [2.45, 2.75) is 53.4 Å². The Kier molecular flexibility index (Phi) is 8.44. The molecular formula is C14H28O3. The van der Waals surface area contributed by atoms with E-state index < -0.39 is 0 Å². The number of aliphatic hydroxyl groups excluding tert-OH is 1. The Morgan fingerprint density at radius 1 is 1.24 bits per heavy atom. The highest BCUT2D eigenvalue weighted by molar-refractivity contribution is 5.78. The van der Waals surface area contributed by atoms with E-state index in [2.05, 4.69) is 27.7 Å². The van der Waals surface area contributed by atoms with Gasteiger partial charge in [-0.1, -0.05) is 27.7 Å². The van der Waals surface area contributed by atoms with Gasteiger partial charge in [-0.05, 0) is 24.2 Å². The number of rotatable bonds is 10. The molecule has 0 saturated carbocycles. The molecule has 0 bridgehead atoms. The van der Waals surface area contributed by atoms with Crippen LogP contribution in [0, 0.1) is 11.3 Å². The third-order valence-corrected chi connectivity index (χ3v) is 3.59. The summed E-state index contributed by atoms with van der Waals surface area (Å²) >= 11 is 0. The largest absolute Gasteiger partial charge is 0.394 e. The van der Waals surface area contributed by atoms with Gasteiger partial charge in [0, 0.05) is 19.4 Å². The number of hydrogen-bond donors (Lipinski definition) is 1. The summed E-state index contributed by atoms with van der Waals surface area (Å²) in [6.07, 6.45) is 2.99. The minimum Gasteiger partial charge on any atom is -0.394 e. The molecule has 0 radical (unpaired) electrons. The smallest absolute Gasteiger partial charge is 0.133 e. The van der Waals surface area contributed by atoms with Gasteiger partial charge in [0.2, 0.25) is 0 Å². The van der Waals surface area contributed by atoms with Gasteiger partial charge >= 0.3 is 0 Å². The van der Waals surface area contributed by atoms with Crippen molar-refractivity contribution in [2.75, 3.05) is 19.8 Å². The molecule has 0 aliphatic rings. The minimum absolute atomic E-state index is 0.0521. The summed E-state index contributed by atoms with van der Waals surface area (Å²) < 4.78 is 5.11. The first kappa shape index (κ1) is 16.6. The fraction of sp³-hybridized carbons (Fsp3) is 0.929. The number of Topliss-reactive ketones (excluding diaryl/α,β-unsaturated/α-hetero) is 1. The average Bonchev–Trinajstić information content (AvgIpc) is 2.26. The second-order valence-corrected chi connectivity index (χ2v) is 5.62. The summed E-state index contributed by atoms with van der Waals surface area (Å²) in [4.78, 5) is 11.6. The van der Waals surface area contributed by atoms with Crippen LogP contribution in [0.3, 0.4) is 0 Å². The molecule has 0 heterocycles. The summed E-state index contributed by atoms with van der Waals surface area (Å²) in [6, 6.07) is 0. The van der Waals surface area contributed by atoms with Crippen molar-refractivity contribution in [1.82, 2.24) is 0 Å². The molecule has 0 aliphatic heterocycles. The van der Waals surface area contributed by atoms with E-state index in [9.17, 15) is 4.79 Å². The maximum absolute atomic E-state index is 11.6. The van der Waals surface area contributed by atoms with E-state index in [1.54, 1.807) is 0 Å². The highest BCUT2D eigenvalue weighted by Gasteiger charge is 2.22. The van der Waals surface area contributed by atoms with Gasteiger partial charge in [-0.3, -0.25) is 4.79 Å². The lowest BCUT2D eigenvalue weighted by atomic mass is 9.77. The molecule has 0 aromatic carbocycles. The topological polar surface area (TPSA) is 46.5 Å². The molecule has 0 aromatic rings. The number of hydrogen-bond acceptors (Lipinski definition) is 3. The van der Waals surface area contributed by atoms with Crippen molar-refractivity contribution in [1.29, 1.82) is 0 Å². The van der Waals surface area contributed by atoms with E-state index >= 15 is 0 Å². The van der Waals surface area contributed by atoms with E-state index in [1.807, 2.05) is 0 Å². The highest BCUT2D eigenvalue weighted by Crippen LogP contribution is 2.31. The van der Waals surface area contributed by atoms with Gasteiger partial charge in [0.25, 0.3) is 0 Å². The van der Waals surface area contributed by atoms with Crippen molar-refractivity contribution in [3.05, 3.63) is 0 Å². The molecule has 0 aliphatic carbocycles. The van der Waals surface area contributed by atoms with Crippen LogP contribution in [0.2, 0.25) is 0 Å². The van der Waals surface area contributed by atoms with Crippen LogP contribution in [-0.4, -0.2) is 30.7 Å². The first-order valence-corrected chi connectivity index (χ1v) is 6.60. The number of ketones is 1. The first-order valence-electron chi connectivity index (χ1n) is 6.60. The minimum atomic E-state index is 0.0521. The summed E-state index contributed by atoms with van der Waals surface area (Å²) in [7, 11) is 0. The molecule has 0 atom stereocenters. The van der Waals surface area contributed by atoms with Crippen LogP contribution in [0.5, 0.6) is 0 Å². The summed E-state index contributed by atoms with van der Waals surface area (Å²) in [5, 5.41) is 8.51. The lowest BCUT2D eigenvalue weighted by Gasteiger charge is -2.28. The molecular weight excluding hydrogens is 216 g/mol. The van der Waals surface area contributed by atoms with E-state index in [4.69, 9.17) is 9.84 Å². The summed E-state index contributed by atoms with van der Waals surface area (Å²) in [5.41, 5.74) is 0.239. The fourth-order valence-corrected chi connectivity index (χ4v) is 1.41. The van der Waals surface area contributed by atoms with Gasteiger partial charge in [-0.2, -0.15) is 0 Å². The van der Waals surface area contributed by atoms with Gasteiger partial charge in [0.1, 0.15) is 5.78 Å². The Morgan fingerprint density at radius 3 is 2.41 bits per heavy atom. The number of carbonyl (C=O) groups excluding carboxylic acids is 1. The quantitative estimate of drug-likeness (QED) is 0.601. The number of aliphatic hydroxyl groups is 1. The second-order valence-electron chi connectivity index (χ2n) is 5.62. The maximum Gasteiger partial charge on any atom is 0.133 e. The van der Waals surface area contributed by atoms with Gasteiger partial charge in [0.15, 0.2) is 0 Å². The molecule has 0 unspecified atom stereocenters. The molecule has 1 N–H and O–H groups in total. The molecule has 0 amide bonds. The van der Waals surface area contributed by atoms with Crippen LogP contribution >= 0.6 is 0 Å². The Labute approximate surface area is 106 Å². The van der Waals surface area contributed by atoms with Crippen LogP contribution < -0.4 is 0 Å². The molecule has 0 rings (SSSR count). The molecule has 3 nitrogen and oxygen atoms in total. The number of carbonyl (C=O) groups is 1. The van der Waals surface area contributed by atoms with Crippen LogP contribution in [0.25, 0.3) is 0 Å². The van der Waals surface area contributed by atoms with Gasteiger partial charge in [0.05, 0.1) is 13.2 Å². The molecule has 0 aromatic heterocycles. The van der Waals surface area contributed by atoms with Crippen LogP contribution in [0.1, 0.15) is 53.4 Å². The molecule has 0 spiro atoms. The molecule has 17 heavy (non-hydrogen) atoms. The lowest BCUT2D eigenvalue weighted by Crippen LogP contribution is -2.20. The zero-order valence-electron chi connectivity index (χ0n) is 11.8. The highest BCUT2D eigenvalue weighted by atomic mass is 16.5. The zero-order valence-corrected chi connectivity index (χ0v) is 11.8. The average molecular weight is 244 g/mol. The van der Waals surface area contributed by atoms with Crippen molar-refractivity contribution in [3.8, 4) is 0 Å². The number of ether oxygens (including phenoxy) is 1. The predicted octanol–water partition coefficient (Wildman–Crippen LogP) is 2.81. The van der Waals surface area contributed by atoms with Gasteiger partial charge < -0.3 is 9.84 Å². The summed E-state index contributed by atoms with van der Waals surface area (Å²) in [6.45, 7) is 9.83. The van der Waals surface area contributed by atoms with Crippen molar-refractivity contribution in [3.63, 3.8) is 0 Å². The van der Waals surface area contributed by atoms with Crippen molar-refractivity contribution in [2.24, 2.45) is 11.3 Å². The van der Waals surface area contributed by atoms with Crippen molar-refractivity contribution >= 4 is 5.78 Å². The molecule has 102 valence electrons. The van der Waals surface area contributed by atoms with E-state index in [0.29, 0.717) is 37.8 Å². The zero-order chi connectivity index (χ0) is 13.3. The van der Waals surface area contributed by atoms with Gasteiger partial charge in [-0.15, -0.1) is 0 Å². The third-order valence-electron chi connectivity index (χ3n) is 3.59. The SMILES string of the molecule is CC(C)C(C)(C)CCC(=O)CCCOCCO. The second kappa shape index (κ2) is 8.65. The van der Waals surface area contributed by atoms with Gasteiger partial charge in [-0.25, -0.2) is 0 Å². The first-order chi connectivity index (χ1) is 7.90. The van der Waals surface area contributed by atoms with Crippen molar-refractivity contribution < 1.29 is 14.6 Å². The van der Waals surface area contributed by atoms with E-state index in [1.165, 1.54) is 0 Å². The molecule has 3 heteroatoms. The Bertz CT molecular complexity index is 210. The Morgan fingerprint density at radius 2 is 1.88 bits per heavy atom. The third kappa shape index (κ3) is 8.33. The van der Waals surface area contributed by atoms with Crippen LogP contribution in [0.4, 0.5) is 0 Å². The van der Waals surface area contributed by atoms with Crippen LogP contribution in [-0.2, 0) is 9.53 Å². The monoisotopic (exact) mass is 244 g/mol. The maximum atomic E-state index is 11.6. The van der Waals surface area contributed by atoms with E-state index in [0.717, 1.165) is 12.8 Å². The summed E-state index contributed by atoms with van der Waals surface area (Å²) in [5.74, 6) is 0.925. The van der Waals surface area contributed by atoms with E-state index in [-0.39, 0.29) is 12.0 Å². The fourth-order valence-electron chi connectivity index (χ4n) is 1.41. The predicted molar refractivity (Wildman–Crippen MR) is 70.0 cm³/mol.